The van der Waals surface area contributed by atoms with Crippen LogP contribution in [0.25, 0.3) is 10.8 Å². The summed E-state index contributed by atoms with van der Waals surface area (Å²) in [5.74, 6) is 0.190. The molecule has 8 heteroatoms. The van der Waals surface area contributed by atoms with Crippen LogP contribution in [0.3, 0.4) is 0 Å². The number of aromatic nitrogens is 1. The zero-order valence-corrected chi connectivity index (χ0v) is 19.0. The monoisotopic (exact) mass is 455 g/mol. The van der Waals surface area contributed by atoms with Crippen molar-refractivity contribution in [1.82, 2.24) is 14.6 Å². The van der Waals surface area contributed by atoms with Gasteiger partial charge >= 0.3 is 0 Å². The molecule has 1 N–H and O–H groups in total. The van der Waals surface area contributed by atoms with Gasteiger partial charge in [-0.25, -0.2) is 18.1 Å². The van der Waals surface area contributed by atoms with Gasteiger partial charge in [-0.1, -0.05) is 36.4 Å². The highest BCUT2D eigenvalue weighted by molar-refractivity contribution is 7.98. The maximum absolute atomic E-state index is 12.9. The molecule has 6 nitrogen and oxygen atoms in total. The van der Waals surface area contributed by atoms with E-state index in [2.05, 4.69) is 9.71 Å². The number of hydrogen-bond acceptors (Lipinski definition) is 5. The molecule has 1 aromatic heterocycles. The molecule has 0 aliphatic carbocycles. The van der Waals surface area contributed by atoms with Crippen molar-refractivity contribution in [3.8, 4) is 0 Å². The molecule has 0 spiro atoms. The topological polar surface area (TPSA) is 79.4 Å². The Morgan fingerprint density at radius 3 is 2.61 bits per heavy atom. The van der Waals surface area contributed by atoms with Crippen molar-refractivity contribution in [2.75, 3.05) is 25.9 Å². The first-order chi connectivity index (χ1) is 15.0. The summed E-state index contributed by atoms with van der Waals surface area (Å²) in [6.07, 6.45) is 5.13. The van der Waals surface area contributed by atoms with Gasteiger partial charge < -0.3 is 4.90 Å². The number of fused-ring (bicyclic) bond motifs is 1. The maximum Gasteiger partial charge on any atom is 0.256 e. The van der Waals surface area contributed by atoms with Crippen molar-refractivity contribution < 1.29 is 13.2 Å². The molecule has 2 aromatic carbocycles. The molecule has 1 aliphatic heterocycles. The van der Waals surface area contributed by atoms with E-state index < -0.39 is 10.0 Å². The van der Waals surface area contributed by atoms with Gasteiger partial charge in [0.05, 0.1) is 10.5 Å². The molecule has 0 radical (unpaired) electrons. The van der Waals surface area contributed by atoms with Crippen LogP contribution in [0.5, 0.6) is 0 Å². The van der Waals surface area contributed by atoms with Gasteiger partial charge in [0.25, 0.3) is 5.91 Å². The van der Waals surface area contributed by atoms with E-state index in [0.717, 1.165) is 28.6 Å². The van der Waals surface area contributed by atoms with Gasteiger partial charge in [-0.2, -0.15) is 0 Å². The van der Waals surface area contributed by atoms with E-state index in [-0.39, 0.29) is 11.8 Å². The molecule has 0 atom stereocenters. The first kappa shape index (κ1) is 21.8. The molecule has 1 fully saturated rings. The van der Waals surface area contributed by atoms with E-state index in [9.17, 15) is 13.2 Å². The minimum Gasteiger partial charge on any atom is -0.339 e. The standard InChI is InChI=1S/C23H25N3O3S2/c1-30-22-20(9-5-13-24-22)23(27)26-14-11-17(12-15-26)16-25-31(28,29)21-10-4-7-18-6-2-3-8-19(18)21/h2-10,13,17,25H,11-12,14-16H2,1H3. The lowest BCUT2D eigenvalue weighted by molar-refractivity contribution is 0.0687. The lowest BCUT2D eigenvalue weighted by Gasteiger charge is -2.32. The van der Waals surface area contributed by atoms with Gasteiger partial charge in [-0.05, 0) is 48.6 Å². The average molecular weight is 456 g/mol. The van der Waals surface area contributed by atoms with Crippen molar-refractivity contribution >= 4 is 38.5 Å². The largest absolute Gasteiger partial charge is 0.339 e. The number of pyridine rings is 1. The van der Waals surface area contributed by atoms with Crippen LogP contribution in [0.15, 0.2) is 70.7 Å². The van der Waals surface area contributed by atoms with E-state index in [0.29, 0.717) is 30.1 Å². The van der Waals surface area contributed by atoms with Gasteiger partial charge in [0.15, 0.2) is 0 Å². The van der Waals surface area contributed by atoms with Crippen LogP contribution in [-0.4, -0.2) is 50.1 Å². The van der Waals surface area contributed by atoms with Crippen molar-refractivity contribution in [2.45, 2.75) is 22.8 Å². The Bertz CT molecular complexity index is 1180. The minimum atomic E-state index is -3.61. The molecular weight excluding hydrogens is 430 g/mol. The highest BCUT2D eigenvalue weighted by Crippen LogP contribution is 2.25. The van der Waals surface area contributed by atoms with Crippen LogP contribution in [0.4, 0.5) is 0 Å². The number of thioether (sulfide) groups is 1. The van der Waals surface area contributed by atoms with Gasteiger partial charge in [0, 0.05) is 31.2 Å². The summed E-state index contributed by atoms with van der Waals surface area (Å²) in [4.78, 5) is 19.3. The molecule has 1 saturated heterocycles. The fraction of sp³-hybridized carbons (Fsp3) is 0.304. The molecule has 0 unspecified atom stereocenters. The highest BCUT2D eigenvalue weighted by Gasteiger charge is 2.26. The van der Waals surface area contributed by atoms with Crippen LogP contribution in [0, 0.1) is 5.92 Å². The van der Waals surface area contributed by atoms with E-state index in [1.165, 1.54) is 11.8 Å². The number of benzene rings is 2. The van der Waals surface area contributed by atoms with Crippen LogP contribution < -0.4 is 4.72 Å². The Balaban J connectivity index is 1.37. The summed E-state index contributed by atoms with van der Waals surface area (Å²) >= 11 is 1.46. The number of rotatable bonds is 6. The number of carbonyl (C=O) groups is 1. The molecular formula is C23H25N3O3S2. The second-order valence-corrected chi connectivity index (χ2v) is 10.2. The van der Waals surface area contributed by atoms with Crippen LogP contribution in [-0.2, 0) is 10.0 Å². The van der Waals surface area contributed by atoms with E-state index >= 15 is 0 Å². The highest BCUT2D eigenvalue weighted by atomic mass is 32.2. The number of nitrogens with one attached hydrogen (secondary N) is 1. The van der Waals surface area contributed by atoms with E-state index in [1.54, 1.807) is 24.4 Å². The molecule has 4 rings (SSSR count). The number of hydrogen-bond donors (Lipinski definition) is 1. The molecule has 3 aromatic rings. The lowest BCUT2D eigenvalue weighted by atomic mass is 9.97. The van der Waals surface area contributed by atoms with Crippen LogP contribution >= 0.6 is 11.8 Å². The average Bonchev–Trinajstić information content (AvgIpc) is 2.82. The van der Waals surface area contributed by atoms with Crippen LogP contribution in [0.2, 0.25) is 0 Å². The van der Waals surface area contributed by atoms with Crippen molar-refractivity contribution in [2.24, 2.45) is 5.92 Å². The SMILES string of the molecule is CSc1ncccc1C(=O)N1CCC(CNS(=O)(=O)c2cccc3ccccc23)CC1. The van der Waals surface area contributed by atoms with Crippen LogP contribution in [0.1, 0.15) is 23.2 Å². The molecule has 0 bridgehead atoms. The van der Waals surface area contributed by atoms with Gasteiger partial charge in [0.2, 0.25) is 10.0 Å². The summed E-state index contributed by atoms with van der Waals surface area (Å²) in [5, 5.41) is 2.36. The summed E-state index contributed by atoms with van der Waals surface area (Å²) in [7, 11) is -3.61. The third kappa shape index (κ3) is 4.76. The summed E-state index contributed by atoms with van der Waals surface area (Å²) < 4.78 is 28.7. The van der Waals surface area contributed by atoms with E-state index in [4.69, 9.17) is 0 Å². The number of piperidine rings is 1. The molecule has 2 heterocycles. The molecule has 1 amide bonds. The second-order valence-electron chi connectivity index (χ2n) is 7.62. The number of likely N-dealkylation sites (tertiary alicyclic amines) is 1. The predicted molar refractivity (Wildman–Crippen MR) is 124 cm³/mol. The Morgan fingerprint density at radius 1 is 1.10 bits per heavy atom. The first-order valence-corrected chi connectivity index (χ1v) is 13.0. The lowest BCUT2D eigenvalue weighted by Crippen LogP contribution is -2.41. The molecule has 162 valence electrons. The van der Waals surface area contributed by atoms with Crippen molar-refractivity contribution in [3.05, 3.63) is 66.4 Å². The fourth-order valence-electron chi connectivity index (χ4n) is 3.96. The minimum absolute atomic E-state index is 0.00719. The number of sulfonamides is 1. The third-order valence-electron chi connectivity index (χ3n) is 5.70. The number of amides is 1. The Hall–Kier alpha value is -2.42. The number of carbonyl (C=O) groups excluding carboxylic acids is 1. The molecule has 1 aliphatic rings. The summed E-state index contributed by atoms with van der Waals surface area (Å²) in [6, 6.07) is 16.4. The van der Waals surface area contributed by atoms with E-state index in [1.807, 2.05) is 47.6 Å². The van der Waals surface area contributed by atoms with Crippen molar-refractivity contribution in [1.29, 1.82) is 0 Å². The quantitative estimate of drug-likeness (QED) is 0.572. The summed E-state index contributed by atoms with van der Waals surface area (Å²) in [6.45, 7) is 1.60. The predicted octanol–water partition coefficient (Wildman–Crippen LogP) is 3.79. The Morgan fingerprint density at radius 2 is 1.84 bits per heavy atom. The van der Waals surface area contributed by atoms with Gasteiger partial charge in [-0.15, -0.1) is 11.8 Å². The normalized spacial score (nSPS) is 15.3. The van der Waals surface area contributed by atoms with Gasteiger partial charge in [0.1, 0.15) is 5.03 Å². The zero-order valence-electron chi connectivity index (χ0n) is 17.3. The number of nitrogens with zero attached hydrogens (tertiary/aromatic N) is 2. The Kier molecular flexibility index (Phi) is 6.60. The van der Waals surface area contributed by atoms with Gasteiger partial charge in [-0.3, -0.25) is 4.79 Å². The van der Waals surface area contributed by atoms with Crippen molar-refractivity contribution in [3.63, 3.8) is 0 Å². The molecule has 31 heavy (non-hydrogen) atoms. The summed E-state index contributed by atoms with van der Waals surface area (Å²) in [5.41, 5.74) is 0.630. The second kappa shape index (κ2) is 9.38. The zero-order chi connectivity index (χ0) is 21.8. The smallest absolute Gasteiger partial charge is 0.256 e. The fourth-order valence-corrected chi connectivity index (χ4v) is 5.85. The maximum atomic E-state index is 12.9. The third-order valence-corrected chi connectivity index (χ3v) is 7.89. The molecule has 0 saturated carbocycles. The Labute approximate surface area is 187 Å². The first-order valence-electron chi connectivity index (χ1n) is 10.3.